The SMILES string of the molecule is COC(C1CC1)C(O)c1cncc(F)c1. The monoisotopic (exact) mass is 211 g/mol. The standard InChI is InChI=1S/C11H14FNO2/c1-15-11(7-2-3-7)10(14)8-4-9(12)6-13-5-8/h4-7,10-11,14H,2-3H2,1H3. The molecular formula is C11H14FNO2. The number of ether oxygens (including phenoxy) is 1. The van der Waals surface area contributed by atoms with Crippen molar-refractivity contribution >= 4 is 0 Å². The van der Waals surface area contributed by atoms with Crippen LogP contribution in [0, 0.1) is 11.7 Å². The van der Waals surface area contributed by atoms with Gasteiger partial charge in [-0.25, -0.2) is 4.39 Å². The smallest absolute Gasteiger partial charge is 0.141 e. The van der Waals surface area contributed by atoms with Gasteiger partial charge in [0.05, 0.1) is 12.3 Å². The lowest BCUT2D eigenvalue weighted by molar-refractivity contribution is -0.0262. The minimum absolute atomic E-state index is 0.242. The first-order chi connectivity index (χ1) is 7.22. The largest absolute Gasteiger partial charge is 0.386 e. The van der Waals surface area contributed by atoms with E-state index in [0.717, 1.165) is 19.0 Å². The molecule has 1 saturated carbocycles. The molecule has 1 aromatic rings. The summed E-state index contributed by atoms with van der Waals surface area (Å²) >= 11 is 0. The molecule has 3 nitrogen and oxygen atoms in total. The molecule has 0 aliphatic heterocycles. The summed E-state index contributed by atoms with van der Waals surface area (Å²) in [5, 5.41) is 9.98. The van der Waals surface area contributed by atoms with Gasteiger partial charge in [0, 0.05) is 18.9 Å². The maximum Gasteiger partial charge on any atom is 0.141 e. The highest BCUT2D eigenvalue weighted by molar-refractivity contribution is 5.15. The quantitative estimate of drug-likeness (QED) is 0.823. The molecule has 2 rings (SSSR count). The summed E-state index contributed by atoms with van der Waals surface area (Å²) in [6.07, 6.45) is 3.70. The van der Waals surface area contributed by atoms with Crippen molar-refractivity contribution in [3.63, 3.8) is 0 Å². The summed E-state index contributed by atoms with van der Waals surface area (Å²) in [7, 11) is 1.57. The first-order valence-electron chi connectivity index (χ1n) is 5.03. The number of halogens is 1. The molecule has 1 aromatic heterocycles. The first kappa shape index (κ1) is 10.5. The van der Waals surface area contributed by atoms with Crippen molar-refractivity contribution in [3.05, 3.63) is 29.8 Å². The third kappa shape index (κ3) is 2.33. The molecule has 1 fully saturated rings. The van der Waals surface area contributed by atoms with E-state index >= 15 is 0 Å². The molecule has 1 aliphatic carbocycles. The van der Waals surface area contributed by atoms with Crippen LogP contribution in [0.4, 0.5) is 4.39 Å². The van der Waals surface area contributed by atoms with Crippen LogP contribution in [0.5, 0.6) is 0 Å². The molecule has 1 aliphatic rings. The van der Waals surface area contributed by atoms with E-state index in [2.05, 4.69) is 4.98 Å². The molecule has 0 bridgehead atoms. The first-order valence-corrected chi connectivity index (χ1v) is 5.03. The Bertz CT molecular complexity index is 341. The van der Waals surface area contributed by atoms with Crippen LogP contribution < -0.4 is 0 Å². The highest BCUT2D eigenvalue weighted by atomic mass is 19.1. The predicted molar refractivity (Wildman–Crippen MR) is 52.7 cm³/mol. The molecule has 0 spiro atoms. The third-order valence-electron chi connectivity index (χ3n) is 2.74. The zero-order valence-electron chi connectivity index (χ0n) is 8.56. The molecule has 1 N–H and O–H groups in total. The van der Waals surface area contributed by atoms with E-state index in [1.165, 1.54) is 12.3 Å². The summed E-state index contributed by atoms with van der Waals surface area (Å²) in [6.45, 7) is 0. The Balaban J connectivity index is 2.14. The zero-order chi connectivity index (χ0) is 10.8. The van der Waals surface area contributed by atoms with Crippen molar-refractivity contribution in [2.75, 3.05) is 7.11 Å². The summed E-state index contributed by atoms with van der Waals surface area (Å²) in [5.41, 5.74) is 0.480. The fraction of sp³-hybridized carbons (Fsp3) is 0.545. The van der Waals surface area contributed by atoms with Crippen molar-refractivity contribution in [3.8, 4) is 0 Å². The average molecular weight is 211 g/mol. The molecule has 2 unspecified atom stereocenters. The van der Waals surface area contributed by atoms with E-state index in [-0.39, 0.29) is 6.10 Å². The van der Waals surface area contributed by atoms with Crippen LogP contribution in [0.25, 0.3) is 0 Å². The second-order valence-electron chi connectivity index (χ2n) is 3.92. The van der Waals surface area contributed by atoms with E-state index in [9.17, 15) is 9.50 Å². The van der Waals surface area contributed by atoms with Gasteiger partial charge in [-0.2, -0.15) is 0 Å². The van der Waals surface area contributed by atoms with Gasteiger partial charge in [0.1, 0.15) is 11.9 Å². The Kier molecular flexibility index (Phi) is 2.98. The molecule has 4 heteroatoms. The highest BCUT2D eigenvalue weighted by Gasteiger charge is 2.36. The molecule has 15 heavy (non-hydrogen) atoms. The number of aromatic nitrogens is 1. The van der Waals surface area contributed by atoms with Crippen LogP contribution in [0.15, 0.2) is 18.5 Å². The molecule has 0 radical (unpaired) electrons. The Morgan fingerprint density at radius 3 is 2.80 bits per heavy atom. The molecule has 0 aromatic carbocycles. The summed E-state index contributed by atoms with van der Waals surface area (Å²) in [6, 6.07) is 1.30. The van der Waals surface area contributed by atoms with Crippen molar-refractivity contribution in [2.45, 2.75) is 25.0 Å². The minimum Gasteiger partial charge on any atom is -0.386 e. The number of nitrogens with zero attached hydrogens (tertiary/aromatic N) is 1. The molecule has 0 amide bonds. The van der Waals surface area contributed by atoms with E-state index in [4.69, 9.17) is 4.74 Å². The van der Waals surface area contributed by atoms with Crippen LogP contribution in [0.3, 0.4) is 0 Å². The normalized spacial score (nSPS) is 19.9. The average Bonchev–Trinajstić information content (AvgIpc) is 3.03. The van der Waals surface area contributed by atoms with Gasteiger partial charge in [0.2, 0.25) is 0 Å². The summed E-state index contributed by atoms with van der Waals surface area (Å²) in [5.74, 6) is -0.0366. The number of pyridine rings is 1. The van der Waals surface area contributed by atoms with Gasteiger partial charge in [-0.1, -0.05) is 0 Å². The Labute approximate surface area is 87.9 Å². The maximum absolute atomic E-state index is 12.9. The Hall–Kier alpha value is -1.00. The van der Waals surface area contributed by atoms with Gasteiger partial charge < -0.3 is 9.84 Å². The number of aliphatic hydroxyl groups is 1. The van der Waals surface area contributed by atoms with Crippen LogP contribution in [0.2, 0.25) is 0 Å². The number of methoxy groups -OCH3 is 1. The van der Waals surface area contributed by atoms with Crippen LogP contribution in [-0.2, 0) is 4.74 Å². The van der Waals surface area contributed by atoms with E-state index in [0.29, 0.717) is 11.5 Å². The van der Waals surface area contributed by atoms with Crippen molar-refractivity contribution in [1.29, 1.82) is 0 Å². The van der Waals surface area contributed by atoms with Crippen LogP contribution in [0.1, 0.15) is 24.5 Å². The number of hydrogen-bond acceptors (Lipinski definition) is 3. The fourth-order valence-electron chi connectivity index (χ4n) is 1.78. The molecule has 1 heterocycles. The van der Waals surface area contributed by atoms with Crippen molar-refractivity contribution in [2.24, 2.45) is 5.92 Å². The van der Waals surface area contributed by atoms with Gasteiger partial charge in [-0.05, 0) is 24.8 Å². The van der Waals surface area contributed by atoms with E-state index < -0.39 is 11.9 Å². The van der Waals surface area contributed by atoms with Gasteiger partial charge in [-0.3, -0.25) is 4.98 Å². The minimum atomic E-state index is -0.786. The van der Waals surface area contributed by atoms with Crippen LogP contribution in [-0.4, -0.2) is 23.3 Å². The van der Waals surface area contributed by atoms with Crippen molar-refractivity contribution < 1.29 is 14.2 Å². The summed E-state index contributed by atoms with van der Waals surface area (Å²) < 4.78 is 18.1. The van der Waals surface area contributed by atoms with Gasteiger partial charge in [0.15, 0.2) is 0 Å². The Morgan fingerprint density at radius 1 is 1.53 bits per heavy atom. The molecule has 82 valence electrons. The van der Waals surface area contributed by atoms with Gasteiger partial charge in [-0.15, -0.1) is 0 Å². The number of hydrogen-bond donors (Lipinski definition) is 1. The lowest BCUT2D eigenvalue weighted by Crippen LogP contribution is -2.23. The zero-order valence-corrected chi connectivity index (χ0v) is 8.56. The Morgan fingerprint density at radius 2 is 2.27 bits per heavy atom. The fourth-order valence-corrected chi connectivity index (χ4v) is 1.78. The van der Waals surface area contributed by atoms with E-state index in [1.54, 1.807) is 7.11 Å². The third-order valence-corrected chi connectivity index (χ3v) is 2.74. The number of aliphatic hydroxyl groups excluding tert-OH is 1. The highest BCUT2D eigenvalue weighted by Crippen LogP contribution is 2.39. The van der Waals surface area contributed by atoms with Crippen molar-refractivity contribution in [1.82, 2.24) is 4.98 Å². The van der Waals surface area contributed by atoms with Gasteiger partial charge >= 0.3 is 0 Å². The molecule has 2 atom stereocenters. The second-order valence-corrected chi connectivity index (χ2v) is 3.92. The summed E-state index contributed by atoms with van der Waals surface area (Å²) in [4.78, 5) is 3.71. The molecule has 0 saturated heterocycles. The number of rotatable bonds is 4. The second kappa shape index (κ2) is 4.24. The lowest BCUT2D eigenvalue weighted by atomic mass is 10.0. The predicted octanol–water partition coefficient (Wildman–Crippen LogP) is 1.68. The topological polar surface area (TPSA) is 42.4 Å². The van der Waals surface area contributed by atoms with E-state index in [1.807, 2.05) is 0 Å². The molecular weight excluding hydrogens is 197 g/mol. The lowest BCUT2D eigenvalue weighted by Gasteiger charge is -2.21. The maximum atomic E-state index is 12.9. The van der Waals surface area contributed by atoms with Gasteiger partial charge in [0.25, 0.3) is 0 Å². The van der Waals surface area contributed by atoms with Crippen LogP contribution >= 0.6 is 0 Å².